The zero-order valence-electron chi connectivity index (χ0n) is 15.4. The summed E-state index contributed by atoms with van der Waals surface area (Å²) in [6.07, 6.45) is 1.56. The fourth-order valence-electron chi connectivity index (χ4n) is 3.20. The maximum Gasteiger partial charge on any atom is 0.349 e. The second kappa shape index (κ2) is 7.56. The van der Waals surface area contributed by atoms with Gasteiger partial charge in [0.25, 0.3) is 5.91 Å². The number of amides is 1. The predicted molar refractivity (Wildman–Crippen MR) is 106 cm³/mol. The van der Waals surface area contributed by atoms with E-state index < -0.39 is 11.5 Å². The molecule has 5 nitrogen and oxygen atoms in total. The van der Waals surface area contributed by atoms with Crippen molar-refractivity contribution < 1.29 is 13.6 Å². The van der Waals surface area contributed by atoms with Gasteiger partial charge >= 0.3 is 5.63 Å². The molecule has 0 radical (unpaired) electrons. The summed E-state index contributed by atoms with van der Waals surface area (Å²) in [6.45, 7) is 2.61. The van der Waals surface area contributed by atoms with Crippen LogP contribution >= 0.6 is 0 Å². The van der Waals surface area contributed by atoms with Crippen LogP contribution in [0.3, 0.4) is 0 Å². The number of nitrogens with zero attached hydrogens (tertiary/aromatic N) is 1. The Kier molecular flexibility index (Phi) is 4.81. The molecule has 0 unspecified atom stereocenters. The summed E-state index contributed by atoms with van der Waals surface area (Å²) < 4.78 is 10.8. The first-order chi connectivity index (χ1) is 13.6. The minimum atomic E-state index is -0.641. The lowest BCUT2D eigenvalue weighted by Gasteiger charge is -2.22. The maximum atomic E-state index is 13.2. The first kappa shape index (κ1) is 17.8. The number of rotatable bonds is 5. The maximum absolute atomic E-state index is 13.2. The summed E-state index contributed by atoms with van der Waals surface area (Å²) in [5.41, 5.74) is 1.91. The van der Waals surface area contributed by atoms with Crippen molar-refractivity contribution in [2.45, 2.75) is 20.0 Å². The molecule has 0 saturated carbocycles. The number of fused-ring (bicyclic) bond motifs is 1. The van der Waals surface area contributed by atoms with Gasteiger partial charge in [0.2, 0.25) is 0 Å². The highest BCUT2D eigenvalue weighted by Crippen LogP contribution is 2.17. The molecule has 0 saturated heterocycles. The molecule has 0 aliphatic heterocycles. The number of para-hydroxylation sites is 1. The van der Waals surface area contributed by atoms with Crippen molar-refractivity contribution in [3.05, 3.63) is 106 Å². The van der Waals surface area contributed by atoms with Crippen LogP contribution in [0, 0.1) is 6.92 Å². The van der Waals surface area contributed by atoms with Crippen LogP contribution in [0.1, 0.15) is 27.2 Å². The van der Waals surface area contributed by atoms with Gasteiger partial charge in [-0.15, -0.1) is 0 Å². The normalized spacial score (nSPS) is 10.9. The Labute approximate surface area is 161 Å². The van der Waals surface area contributed by atoms with E-state index >= 15 is 0 Å². The Morgan fingerprint density at radius 2 is 1.82 bits per heavy atom. The summed E-state index contributed by atoms with van der Waals surface area (Å²) in [7, 11) is 0. The molecule has 0 spiro atoms. The summed E-state index contributed by atoms with van der Waals surface area (Å²) in [5, 5.41) is 0.707. The van der Waals surface area contributed by atoms with E-state index in [1.807, 2.05) is 43.3 Å². The van der Waals surface area contributed by atoms with Crippen LogP contribution in [0.25, 0.3) is 11.0 Å². The van der Waals surface area contributed by atoms with Crippen molar-refractivity contribution in [2.75, 3.05) is 0 Å². The van der Waals surface area contributed by atoms with Crippen LogP contribution in [0.4, 0.5) is 0 Å². The van der Waals surface area contributed by atoms with Crippen molar-refractivity contribution in [1.82, 2.24) is 4.90 Å². The first-order valence-corrected chi connectivity index (χ1v) is 9.00. The highest BCUT2D eigenvalue weighted by atomic mass is 16.4. The lowest BCUT2D eigenvalue weighted by molar-refractivity contribution is 0.0713. The Balaban J connectivity index is 1.71. The molecule has 140 valence electrons. The second-order valence-electron chi connectivity index (χ2n) is 6.71. The molecule has 2 aromatic heterocycles. The molecule has 0 N–H and O–H groups in total. The monoisotopic (exact) mass is 373 g/mol. The topological polar surface area (TPSA) is 63.7 Å². The lowest BCUT2D eigenvalue weighted by atomic mass is 10.1. The van der Waals surface area contributed by atoms with Crippen molar-refractivity contribution in [3.8, 4) is 0 Å². The molecular weight excluding hydrogens is 354 g/mol. The molecule has 2 aromatic carbocycles. The van der Waals surface area contributed by atoms with Gasteiger partial charge < -0.3 is 13.7 Å². The fraction of sp³-hybridized carbons (Fsp3) is 0.130. The van der Waals surface area contributed by atoms with Crippen LogP contribution in [0.5, 0.6) is 0 Å². The van der Waals surface area contributed by atoms with Gasteiger partial charge in [0, 0.05) is 11.9 Å². The van der Waals surface area contributed by atoms with Crippen molar-refractivity contribution in [2.24, 2.45) is 0 Å². The van der Waals surface area contributed by atoms with Crippen LogP contribution in [0.15, 0.2) is 86.6 Å². The van der Waals surface area contributed by atoms with Gasteiger partial charge in [0.15, 0.2) is 0 Å². The van der Waals surface area contributed by atoms with Crippen LogP contribution in [0.2, 0.25) is 0 Å². The number of hydrogen-bond acceptors (Lipinski definition) is 4. The van der Waals surface area contributed by atoms with E-state index in [0.717, 1.165) is 11.1 Å². The minimum Gasteiger partial charge on any atom is -0.467 e. The van der Waals surface area contributed by atoms with Gasteiger partial charge in [-0.25, -0.2) is 4.79 Å². The number of benzene rings is 2. The summed E-state index contributed by atoms with van der Waals surface area (Å²) in [6, 6.07) is 20.2. The van der Waals surface area contributed by atoms with Crippen LogP contribution in [-0.2, 0) is 13.1 Å². The molecule has 5 heteroatoms. The highest BCUT2D eigenvalue weighted by molar-refractivity contribution is 5.96. The van der Waals surface area contributed by atoms with Crippen LogP contribution < -0.4 is 5.63 Å². The van der Waals surface area contributed by atoms with E-state index in [1.165, 1.54) is 0 Å². The Morgan fingerprint density at radius 3 is 2.61 bits per heavy atom. The minimum absolute atomic E-state index is 0.0120. The quantitative estimate of drug-likeness (QED) is 0.482. The molecule has 1 amide bonds. The summed E-state index contributed by atoms with van der Waals surface area (Å²) in [4.78, 5) is 27.3. The smallest absolute Gasteiger partial charge is 0.349 e. The average molecular weight is 373 g/mol. The number of hydrogen-bond donors (Lipinski definition) is 0. The summed E-state index contributed by atoms with van der Waals surface area (Å²) >= 11 is 0. The SMILES string of the molecule is Cc1cccc(CN(Cc2ccco2)C(=O)c2cc3ccccc3oc2=O)c1. The van der Waals surface area contributed by atoms with Crippen molar-refractivity contribution >= 4 is 16.9 Å². The molecular formula is C23H19NO4. The molecule has 4 aromatic rings. The first-order valence-electron chi connectivity index (χ1n) is 9.00. The van der Waals surface area contributed by atoms with Gasteiger partial charge in [0.1, 0.15) is 16.9 Å². The Bertz CT molecular complexity index is 1170. The molecule has 0 aliphatic rings. The Hall–Kier alpha value is -3.60. The zero-order chi connectivity index (χ0) is 19.5. The van der Waals surface area contributed by atoms with Gasteiger partial charge in [-0.3, -0.25) is 4.79 Å². The van der Waals surface area contributed by atoms with Gasteiger partial charge in [-0.2, -0.15) is 0 Å². The molecule has 0 bridgehead atoms. The van der Waals surface area contributed by atoms with E-state index in [1.54, 1.807) is 41.5 Å². The lowest BCUT2D eigenvalue weighted by Crippen LogP contribution is -2.33. The van der Waals surface area contributed by atoms with Gasteiger partial charge in [0.05, 0.1) is 12.8 Å². The third-order valence-corrected chi connectivity index (χ3v) is 4.54. The Morgan fingerprint density at radius 1 is 0.964 bits per heavy atom. The summed E-state index contributed by atoms with van der Waals surface area (Å²) in [5.74, 6) is 0.253. The number of carbonyl (C=O) groups is 1. The van der Waals surface area contributed by atoms with E-state index in [9.17, 15) is 9.59 Å². The van der Waals surface area contributed by atoms with E-state index in [4.69, 9.17) is 8.83 Å². The van der Waals surface area contributed by atoms with Crippen molar-refractivity contribution in [1.29, 1.82) is 0 Å². The van der Waals surface area contributed by atoms with Crippen molar-refractivity contribution in [3.63, 3.8) is 0 Å². The zero-order valence-corrected chi connectivity index (χ0v) is 15.4. The fourth-order valence-corrected chi connectivity index (χ4v) is 3.20. The van der Waals surface area contributed by atoms with Crippen LogP contribution in [-0.4, -0.2) is 10.8 Å². The van der Waals surface area contributed by atoms with Gasteiger partial charge in [-0.1, -0.05) is 48.0 Å². The second-order valence-corrected chi connectivity index (χ2v) is 6.71. The van der Waals surface area contributed by atoms with Gasteiger partial charge in [-0.05, 0) is 36.8 Å². The number of furan rings is 1. The standard InChI is InChI=1S/C23H19NO4/c1-16-6-4-7-17(12-16)14-24(15-19-9-5-11-27-19)22(25)20-13-18-8-2-3-10-21(18)28-23(20)26/h2-13H,14-15H2,1H3. The largest absolute Gasteiger partial charge is 0.467 e. The molecule has 0 atom stereocenters. The number of carbonyl (C=O) groups excluding carboxylic acids is 1. The molecule has 0 fully saturated rings. The highest BCUT2D eigenvalue weighted by Gasteiger charge is 2.22. The molecule has 0 aliphatic carbocycles. The van der Waals surface area contributed by atoms with E-state index in [2.05, 4.69) is 0 Å². The number of aryl methyl sites for hydroxylation is 1. The molecule has 28 heavy (non-hydrogen) atoms. The van der Waals surface area contributed by atoms with E-state index in [0.29, 0.717) is 23.3 Å². The predicted octanol–water partition coefficient (Wildman–Crippen LogP) is 4.54. The van der Waals surface area contributed by atoms with E-state index in [-0.39, 0.29) is 12.1 Å². The molecule has 4 rings (SSSR count). The third kappa shape index (κ3) is 3.74. The average Bonchev–Trinajstić information content (AvgIpc) is 3.19. The molecule has 2 heterocycles. The third-order valence-electron chi connectivity index (χ3n) is 4.54.